The second-order valence-electron chi connectivity index (χ2n) is 5.00. The lowest BCUT2D eigenvalue weighted by molar-refractivity contribution is 0.296. The van der Waals surface area contributed by atoms with Crippen molar-refractivity contribution in [2.24, 2.45) is 5.73 Å². The molecular formula is C15H23ClN4O3S. The molecule has 24 heavy (non-hydrogen) atoms. The highest BCUT2D eigenvalue weighted by atomic mass is 35.5. The normalized spacial score (nSPS) is 10.6. The fraction of sp³-hybridized carbons (Fsp3) is 0.467. The Morgan fingerprint density at radius 3 is 2.42 bits per heavy atom. The van der Waals surface area contributed by atoms with Crippen LogP contribution in [0.15, 0.2) is 21.6 Å². The van der Waals surface area contributed by atoms with Crippen molar-refractivity contribution < 1.29 is 14.0 Å². The monoisotopic (exact) mass is 374 g/mol. The first kappa shape index (κ1) is 20.6. The maximum absolute atomic E-state index is 5.48. The van der Waals surface area contributed by atoms with E-state index in [2.05, 4.69) is 15.0 Å². The van der Waals surface area contributed by atoms with Crippen LogP contribution in [0.5, 0.6) is 11.5 Å². The van der Waals surface area contributed by atoms with Gasteiger partial charge in [-0.15, -0.1) is 24.2 Å². The van der Waals surface area contributed by atoms with Crippen molar-refractivity contribution in [1.82, 2.24) is 15.0 Å². The van der Waals surface area contributed by atoms with Crippen LogP contribution in [0.4, 0.5) is 0 Å². The Labute approximate surface area is 152 Å². The van der Waals surface area contributed by atoms with Gasteiger partial charge in [0.2, 0.25) is 5.89 Å². The van der Waals surface area contributed by atoms with Crippen molar-refractivity contribution in [3.05, 3.63) is 29.4 Å². The molecule has 2 rings (SSSR count). The van der Waals surface area contributed by atoms with Crippen molar-refractivity contribution in [3.8, 4) is 11.5 Å². The number of aromatic nitrogens is 2. The third kappa shape index (κ3) is 5.01. The molecule has 0 saturated carbocycles. The van der Waals surface area contributed by atoms with Crippen LogP contribution >= 0.6 is 24.2 Å². The molecule has 0 unspecified atom stereocenters. The molecule has 1 aromatic heterocycles. The highest BCUT2D eigenvalue weighted by Gasteiger charge is 2.14. The lowest BCUT2D eigenvalue weighted by Gasteiger charge is -2.18. The largest absolute Gasteiger partial charge is 0.493 e. The molecule has 0 atom stereocenters. The van der Waals surface area contributed by atoms with Crippen molar-refractivity contribution >= 4 is 24.2 Å². The number of thioether (sulfide) groups is 1. The van der Waals surface area contributed by atoms with Gasteiger partial charge in [0.05, 0.1) is 27.3 Å². The summed E-state index contributed by atoms with van der Waals surface area (Å²) in [7, 11) is 5.27. The van der Waals surface area contributed by atoms with Gasteiger partial charge in [0.25, 0.3) is 0 Å². The maximum Gasteiger partial charge on any atom is 0.240 e. The van der Waals surface area contributed by atoms with Crippen molar-refractivity contribution in [3.63, 3.8) is 0 Å². The van der Waals surface area contributed by atoms with Crippen LogP contribution in [0, 0.1) is 0 Å². The third-order valence-electron chi connectivity index (χ3n) is 3.32. The summed E-state index contributed by atoms with van der Waals surface area (Å²) in [5, 5.41) is 3.91. The van der Waals surface area contributed by atoms with E-state index in [-0.39, 0.29) is 19.0 Å². The lowest BCUT2D eigenvalue weighted by Crippen LogP contribution is -2.18. The van der Waals surface area contributed by atoms with Gasteiger partial charge in [-0.2, -0.15) is 4.98 Å². The number of rotatable bonds is 8. The number of nitrogens with two attached hydrogens (primary N) is 1. The van der Waals surface area contributed by atoms with Gasteiger partial charge in [-0.1, -0.05) is 5.16 Å². The molecule has 9 heteroatoms. The van der Waals surface area contributed by atoms with E-state index in [9.17, 15) is 0 Å². The standard InChI is InChI=1S/C15H22N4O3S.ClH/c1-19(9-14-17-15(7-16)22-18-14)8-10-5-11(20-2)12(21-3)6-13(10)23-4;/h5-6H,7-9,16H2,1-4H3;1H. The van der Waals surface area contributed by atoms with E-state index in [4.69, 9.17) is 19.7 Å². The molecule has 0 amide bonds. The molecule has 0 spiro atoms. The fourth-order valence-corrected chi connectivity index (χ4v) is 2.85. The SMILES string of the molecule is COc1cc(CN(C)Cc2noc(CN)n2)c(SC)cc1OC.Cl. The predicted molar refractivity (Wildman–Crippen MR) is 95.9 cm³/mol. The number of hydrogen-bond acceptors (Lipinski definition) is 8. The van der Waals surface area contributed by atoms with Crippen LogP contribution in [0.3, 0.4) is 0 Å². The number of halogens is 1. The first-order valence-electron chi connectivity index (χ1n) is 7.10. The zero-order valence-corrected chi connectivity index (χ0v) is 15.9. The summed E-state index contributed by atoms with van der Waals surface area (Å²) in [6.07, 6.45) is 2.04. The minimum absolute atomic E-state index is 0. The quantitative estimate of drug-likeness (QED) is 0.704. The molecule has 2 N–H and O–H groups in total. The van der Waals surface area contributed by atoms with Crippen molar-refractivity contribution in [2.75, 3.05) is 27.5 Å². The second kappa shape index (κ2) is 9.73. The summed E-state index contributed by atoms with van der Waals surface area (Å²) in [6, 6.07) is 4.00. The van der Waals surface area contributed by atoms with Crippen molar-refractivity contribution in [1.29, 1.82) is 0 Å². The molecule has 0 fully saturated rings. The number of hydrogen-bond donors (Lipinski definition) is 1. The minimum atomic E-state index is 0. The minimum Gasteiger partial charge on any atom is -0.493 e. The topological polar surface area (TPSA) is 86.6 Å². The third-order valence-corrected chi connectivity index (χ3v) is 4.14. The molecular weight excluding hydrogens is 352 g/mol. The van der Waals surface area contributed by atoms with E-state index >= 15 is 0 Å². The molecule has 1 aromatic carbocycles. The number of ether oxygens (including phenoxy) is 2. The number of methoxy groups -OCH3 is 2. The van der Waals surface area contributed by atoms with E-state index < -0.39 is 0 Å². The first-order chi connectivity index (χ1) is 11.1. The molecule has 1 heterocycles. The Kier molecular flexibility index (Phi) is 8.34. The first-order valence-corrected chi connectivity index (χ1v) is 8.32. The highest BCUT2D eigenvalue weighted by molar-refractivity contribution is 7.98. The van der Waals surface area contributed by atoms with Crippen LogP contribution in [0.1, 0.15) is 17.3 Å². The molecule has 0 aliphatic heterocycles. The van der Waals surface area contributed by atoms with Gasteiger partial charge in [-0.25, -0.2) is 0 Å². The average molecular weight is 375 g/mol. The van der Waals surface area contributed by atoms with Gasteiger partial charge in [0, 0.05) is 11.4 Å². The van der Waals surface area contributed by atoms with Crippen LogP contribution in [0.2, 0.25) is 0 Å². The zero-order chi connectivity index (χ0) is 16.8. The van der Waals surface area contributed by atoms with E-state index in [0.717, 1.165) is 28.5 Å². The van der Waals surface area contributed by atoms with E-state index in [1.54, 1.807) is 26.0 Å². The lowest BCUT2D eigenvalue weighted by atomic mass is 10.2. The van der Waals surface area contributed by atoms with Crippen LogP contribution in [0.25, 0.3) is 0 Å². The summed E-state index contributed by atoms with van der Waals surface area (Å²) in [5.74, 6) is 2.52. The van der Waals surface area contributed by atoms with Gasteiger partial charge in [-0.05, 0) is 31.0 Å². The molecule has 0 radical (unpaired) electrons. The Bertz CT molecular complexity index is 654. The Morgan fingerprint density at radius 2 is 1.88 bits per heavy atom. The summed E-state index contributed by atoms with van der Waals surface area (Å²) in [6.45, 7) is 1.55. The van der Waals surface area contributed by atoms with E-state index in [1.807, 2.05) is 25.4 Å². The number of nitrogens with zero attached hydrogens (tertiary/aromatic N) is 3. The molecule has 0 bridgehead atoms. The van der Waals surface area contributed by atoms with Gasteiger partial charge in [0.15, 0.2) is 17.3 Å². The maximum atomic E-state index is 5.48. The number of benzene rings is 1. The molecule has 0 saturated heterocycles. The highest BCUT2D eigenvalue weighted by Crippen LogP contribution is 2.35. The van der Waals surface area contributed by atoms with Crippen LogP contribution in [-0.4, -0.2) is 42.6 Å². The molecule has 134 valence electrons. The average Bonchev–Trinajstić information content (AvgIpc) is 3.01. The Hall–Kier alpha value is -1.48. The Balaban J connectivity index is 0.00000288. The van der Waals surface area contributed by atoms with Gasteiger partial charge < -0.3 is 19.7 Å². The van der Waals surface area contributed by atoms with E-state index in [1.165, 1.54) is 0 Å². The van der Waals surface area contributed by atoms with Gasteiger partial charge >= 0.3 is 0 Å². The second-order valence-corrected chi connectivity index (χ2v) is 5.85. The van der Waals surface area contributed by atoms with E-state index in [0.29, 0.717) is 18.3 Å². The van der Waals surface area contributed by atoms with Crippen molar-refractivity contribution in [2.45, 2.75) is 24.5 Å². The fourth-order valence-electron chi connectivity index (χ4n) is 2.24. The smallest absolute Gasteiger partial charge is 0.240 e. The zero-order valence-electron chi connectivity index (χ0n) is 14.2. The predicted octanol–water partition coefficient (Wildman–Crippen LogP) is 2.32. The molecule has 0 aliphatic carbocycles. The van der Waals surface area contributed by atoms with Gasteiger partial charge in [0.1, 0.15) is 0 Å². The Morgan fingerprint density at radius 1 is 1.21 bits per heavy atom. The summed E-state index contributed by atoms with van der Waals surface area (Å²) in [4.78, 5) is 7.47. The molecule has 7 nitrogen and oxygen atoms in total. The summed E-state index contributed by atoms with van der Waals surface area (Å²) >= 11 is 1.67. The van der Waals surface area contributed by atoms with Gasteiger partial charge in [-0.3, -0.25) is 4.90 Å². The van der Waals surface area contributed by atoms with Crippen LogP contribution in [-0.2, 0) is 19.6 Å². The molecule has 2 aromatic rings. The summed E-state index contributed by atoms with van der Waals surface area (Å²) < 4.78 is 15.8. The van der Waals surface area contributed by atoms with Crippen LogP contribution < -0.4 is 15.2 Å². The summed E-state index contributed by atoms with van der Waals surface area (Å²) in [5.41, 5.74) is 6.63. The molecule has 0 aliphatic rings.